The van der Waals surface area contributed by atoms with Gasteiger partial charge in [0.1, 0.15) is 11.3 Å². The first-order valence-electron chi connectivity index (χ1n) is 11.4. The Kier molecular flexibility index (Phi) is 7.54. The summed E-state index contributed by atoms with van der Waals surface area (Å²) in [5.74, 6) is 1.14. The number of oxazole rings is 1. The maximum Gasteiger partial charge on any atom is 0.257 e. The molecule has 1 heterocycles. The third kappa shape index (κ3) is 5.99. The molecule has 0 aliphatic carbocycles. The number of carbonyl (C=O) groups is 1. The van der Waals surface area contributed by atoms with Crippen LogP contribution in [0.5, 0.6) is 5.75 Å². The molecule has 0 unspecified atom stereocenters. The lowest BCUT2D eigenvalue weighted by Gasteiger charge is -2.10. The summed E-state index contributed by atoms with van der Waals surface area (Å²) in [6.07, 6.45) is 2.49. The molecule has 7 heteroatoms. The zero-order valence-corrected chi connectivity index (χ0v) is 20.1. The minimum atomic E-state index is -0.279. The smallest absolute Gasteiger partial charge is 0.257 e. The number of thiocarbonyl (C=S) groups is 1. The van der Waals surface area contributed by atoms with E-state index in [1.165, 1.54) is 5.56 Å². The third-order valence-electron chi connectivity index (χ3n) is 5.29. The van der Waals surface area contributed by atoms with Crippen LogP contribution in [0.2, 0.25) is 0 Å². The maximum absolute atomic E-state index is 12.4. The van der Waals surface area contributed by atoms with Gasteiger partial charge in [-0.3, -0.25) is 10.1 Å². The van der Waals surface area contributed by atoms with Crippen molar-refractivity contribution in [3.05, 3.63) is 89.3 Å². The number of hydrogen-bond acceptors (Lipinski definition) is 5. The molecule has 174 valence electrons. The Morgan fingerprint density at radius 2 is 1.74 bits per heavy atom. The van der Waals surface area contributed by atoms with E-state index in [2.05, 4.69) is 34.7 Å². The summed E-state index contributed by atoms with van der Waals surface area (Å²) in [6, 6.07) is 20.9. The molecule has 2 N–H and O–H groups in total. The zero-order chi connectivity index (χ0) is 23.9. The molecule has 0 saturated carbocycles. The van der Waals surface area contributed by atoms with Gasteiger partial charge in [-0.25, -0.2) is 4.98 Å². The molecule has 1 amide bonds. The van der Waals surface area contributed by atoms with Gasteiger partial charge in [0, 0.05) is 17.7 Å². The number of aromatic nitrogens is 1. The lowest BCUT2D eigenvalue weighted by atomic mass is 10.1. The van der Waals surface area contributed by atoms with Crippen molar-refractivity contribution < 1.29 is 13.9 Å². The highest BCUT2D eigenvalue weighted by Crippen LogP contribution is 2.20. The quantitative estimate of drug-likeness (QED) is 0.311. The summed E-state index contributed by atoms with van der Waals surface area (Å²) >= 11 is 5.30. The molecule has 0 spiro atoms. The van der Waals surface area contributed by atoms with Gasteiger partial charge in [-0.1, -0.05) is 32.0 Å². The van der Waals surface area contributed by atoms with Crippen LogP contribution < -0.4 is 15.4 Å². The van der Waals surface area contributed by atoms with Crippen molar-refractivity contribution in [2.24, 2.45) is 0 Å². The van der Waals surface area contributed by atoms with Crippen molar-refractivity contribution in [3.8, 4) is 5.75 Å². The van der Waals surface area contributed by atoms with E-state index >= 15 is 0 Å². The number of rotatable bonds is 8. The zero-order valence-electron chi connectivity index (χ0n) is 19.3. The molecule has 0 aliphatic heterocycles. The molecule has 0 fully saturated rings. The van der Waals surface area contributed by atoms with E-state index in [0.29, 0.717) is 24.5 Å². The van der Waals surface area contributed by atoms with Crippen molar-refractivity contribution >= 4 is 40.0 Å². The van der Waals surface area contributed by atoms with Crippen LogP contribution in [0.4, 0.5) is 5.69 Å². The van der Waals surface area contributed by atoms with Gasteiger partial charge in [-0.05, 0) is 84.7 Å². The maximum atomic E-state index is 12.4. The highest BCUT2D eigenvalue weighted by Gasteiger charge is 2.10. The van der Waals surface area contributed by atoms with E-state index in [9.17, 15) is 4.79 Å². The Labute approximate surface area is 204 Å². The van der Waals surface area contributed by atoms with E-state index < -0.39 is 0 Å². The van der Waals surface area contributed by atoms with Crippen LogP contribution in [0.15, 0.2) is 71.1 Å². The van der Waals surface area contributed by atoms with Gasteiger partial charge in [-0.2, -0.15) is 0 Å². The number of amides is 1. The number of nitrogens with zero attached hydrogens (tertiary/aromatic N) is 1. The Morgan fingerprint density at radius 3 is 2.44 bits per heavy atom. The van der Waals surface area contributed by atoms with Gasteiger partial charge in [-0.15, -0.1) is 0 Å². The molecular formula is C27H27N3O3S. The molecule has 0 atom stereocenters. The number of anilines is 1. The first-order valence-corrected chi connectivity index (χ1v) is 11.8. The lowest BCUT2D eigenvalue weighted by molar-refractivity contribution is 0.0977. The second kappa shape index (κ2) is 10.9. The predicted molar refractivity (Wildman–Crippen MR) is 139 cm³/mol. The standard InChI is InChI=1S/C27H27N3O3S/c1-3-15-32-22-12-8-20(9-13-22)26(31)30-27(34)28-21-10-5-19(6-11-21)17-25-29-23-16-18(4-2)7-14-24(23)33-25/h5-14,16H,3-4,15,17H2,1-2H3,(H2,28,30,31,34). The first kappa shape index (κ1) is 23.4. The number of hydrogen-bond donors (Lipinski definition) is 2. The molecule has 1 aromatic heterocycles. The van der Waals surface area contributed by atoms with Crippen molar-refractivity contribution in [3.63, 3.8) is 0 Å². The van der Waals surface area contributed by atoms with E-state index in [1.54, 1.807) is 24.3 Å². The van der Waals surface area contributed by atoms with Crippen LogP contribution in [-0.2, 0) is 12.8 Å². The number of ether oxygens (including phenoxy) is 1. The number of carbonyl (C=O) groups excluding carboxylic acids is 1. The molecule has 3 aromatic carbocycles. The predicted octanol–water partition coefficient (Wildman–Crippen LogP) is 5.90. The van der Waals surface area contributed by atoms with E-state index in [1.807, 2.05) is 37.3 Å². The van der Waals surface area contributed by atoms with Crippen molar-refractivity contribution in [1.82, 2.24) is 10.3 Å². The minimum absolute atomic E-state index is 0.231. The summed E-state index contributed by atoms with van der Waals surface area (Å²) in [4.78, 5) is 17.1. The fraction of sp³-hybridized carbons (Fsp3) is 0.222. The minimum Gasteiger partial charge on any atom is -0.494 e. The summed E-state index contributed by atoms with van der Waals surface area (Å²) in [6.45, 7) is 4.81. The second-order valence-corrected chi connectivity index (χ2v) is 8.33. The Morgan fingerprint density at radius 1 is 1.00 bits per heavy atom. The summed E-state index contributed by atoms with van der Waals surface area (Å²) in [7, 11) is 0. The van der Waals surface area contributed by atoms with Gasteiger partial charge in [0.15, 0.2) is 16.6 Å². The Hall–Kier alpha value is -3.71. The SMILES string of the molecule is CCCOc1ccc(C(=O)NC(=S)Nc2ccc(Cc3nc4cc(CC)ccc4o3)cc2)cc1. The van der Waals surface area contributed by atoms with Crippen molar-refractivity contribution in [2.75, 3.05) is 11.9 Å². The molecule has 34 heavy (non-hydrogen) atoms. The Bertz CT molecular complexity index is 1280. The molecule has 0 aliphatic rings. The topological polar surface area (TPSA) is 76.4 Å². The lowest BCUT2D eigenvalue weighted by Crippen LogP contribution is -2.34. The van der Waals surface area contributed by atoms with Gasteiger partial charge in [0.05, 0.1) is 6.61 Å². The van der Waals surface area contributed by atoms with E-state index in [4.69, 9.17) is 21.4 Å². The van der Waals surface area contributed by atoms with Crippen LogP contribution in [0, 0.1) is 0 Å². The van der Waals surface area contributed by atoms with Gasteiger partial charge in [0.25, 0.3) is 5.91 Å². The molecule has 6 nitrogen and oxygen atoms in total. The highest BCUT2D eigenvalue weighted by atomic mass is 32.1. The summed E-state index contributed by atoms with van der Waals surface area (Å²) in [5.41, 5.74) is 5.28. The van der Waals surface area contributed by atoms with Crippen LogP contribution in [0.25, 0.3) is 11.1 Å². The second-order valence-electron chi connectivity index (χ2n) is 7.92. The number of aryl methyl sites for hydroxylation is 1. The van der Waals surface area contributed by atoms with Crippen molar-refractivity contribution in [2.45, 2.75) is 33.1 Å². The fourth-order valence-corrected chi connectivity index (χ4v) is 3.67. The first-order chi connectivity index (χ1) is 16.5. The molecule has 0 radical (unpaired) electrons. The molecule has 0 saturated heterocycles. The number of nitrogens with one attached hydrogen (secondary N) is 2. The highest BCUT2D eigenvalue weighted by molar-refractivity contribution is 7.80. The van der Waals surface area contributed by atoms with Crippen LogP contribution in [0.3, 0.4) is 0 Å². The fourth-order valence-electron chi connectivity index (χ4n) is 3.46. The van der Waals surface area contributed by atoms with E-state index in [-0.39, 0.29) is 11.0 Å². The summed E-state index contributed by atoms with van der Waals surface area (Å²) < 4.78 is 11.4. The Balaban J connectivity index is 1.31. The van der Waals surface area contributed by atoms with E-state index in [0.717, 1.165) is 40.9 Å². The number of benzene rings is 3. The largest absolute Gasteiger partial charge is 0.494 e. The average Bonchev–Trinajstić information content (AvgIpc) is 3.25. The van der Waals surface area contributed by atoms with Gasteiger partial charge < -0.3 is 14.5 Å². The molecular weight excluding hydrogens is 446 g/mol. The monoisotopic (exact) mass is 473 g/mol. The normalized spacial score (nSPS) is 10.8. The van der Waals surface area contributed by atoms with Crippen molar-refractivity contribution in [1.29, 1.82) is 0 Å². The van der Waals surface area contributed by atoms with Gasteiger partial charge in [0.2, 0.25) is 0 Å². The molecule has 0 bridgehead atoms. The molecule has 4 aromatic rings. The third-order valence-corrected chi connectivity index (χ3v) is 5.49. The number of fused-ring (bicyclic) bond motifs is 1. The van der Waals surface area contributed by atoms with Crippen LogP contribution >= 0.6 is 12.2 Å². The van der Waals surface area contributed by atoms with Crippen LogP contribution in [-0.4, -0.2) is 22.6 Å². The van der Waals surface area contributed by atoms with Crippen LogP contribution in [0.1, 0.15) is 47.6 Å². The summed E-state index contributed by atoms with van der Waals surface area (Å²) in [5, 5.41) is 5.98. The van der Waals surface area contributed by atoms with Gasteiger partial charge >= 0.3 is 0 Å². The molecule has 4 rings (SSSR count). The average molecular weight is 474 g/mol.